The molecular formula is C9H13NO5S2. The van der Waals surface area contributed by atoms with Crippen molar-refractivity contribution in [2.75, 3.05) is 0 Å². The highest BCUT2D eigenvalue weighted by molar-refractivity contribution is 7.91. The third-order valence-electron chi connectivity index (χ3n) is 1.54. The number of thiophene rings is 1. The SMILES string of the molecule is CC(C)(C)ONS(=O)(=O)c1cc(C(=O)O)cs1. The second-order valence-electron chi connectivity index (χ2n) is 4.26. The Morgan fingerprint density at radius 2 is 2.06 bits per heavy atom. The topological polar surface area (TPSA) is 92.7 Å². The van der Waals surface area contributed by atoms with Crippen LogP contribution in [0.25, 0.3) is 0 Å². The smallest absolute Gasteiger partial charge is 0.336 e. The molecule has 0 aliphatic carbocycles. The first-order valence-electron chi connectivity index (χ1n) is 4.63. The molecule has 1 aromatic heterocycles. The zero-order valence-electron chi connectivity index (χ0n) is 9.55. The molecule has 0 aromatic carbocycles. The van der Waals surface area contributed by atoms with E-state index in [1.165, 1.54) is 5.38 Å². The number of sulfonamides is 1. The van der Waals surface area contributed by atoms with Crippen LogP contribution in [0, 0.1) is 0 Å². The lowest BCUT2D eigenvalue weighted by Gasteiger charge is -2.18. The molecule has 0 fully saturated rings. The standard InChI is InChI=1S/C9H13NO5S2/c1-9(2,3)15-10-17(13,14)7-4-6(5-16-7)8(11)12/h4-5,10H,1-3H3,(H,11,12). The largest absolute Gasteiger partial charge is 0.478 e. The number of carboxylic acids is 1. The van der Waals surface area contributed by atoms with Crippen LogP contribution in [0.2, 0.25) is 0 Å². The minimum atomic E-state index is -3.82. The maximum Gasteiger partial charge on any atom is 0.336 e. The quantitative estimate of drug-likeness (QED) is 0.814. The van der Waals surface area contributed by atoms with Crippen molar-refractivity contribution in [1.29, 1.82) is 0 Å². The molecule has 96 valence electrons. The van der Waals surface area contributed by atoms with E-state index in [2.05, 4.69) is 0 Å². The Morgan fingerprint density at radius 3 is 2.47 bits per heavy atom. The molecule has 0 atom stereocenters. The van der Waals surface area contributed by atoms with Gasteiger partial charge in [-0.1, -0.05) is 4.89 Å². The van der Waals surface area contributed by atoms with Gasteiger partial charge in [0.25, 0.3) is 10.0 Å². The summed E-state index contributed by atoms with van der Waals surface area (Å²) in [7, 11) is -3.82. The van der Waals surface area contributed by atoms with E-state index in [9.17, 15) is 13.2 Å². The first-order valence-corrected chi connectivity index (χ1v) is 7.00. The van der Waals surface area contributed by atoms with Gasteiger partial charge in [-0.25, -0.2) is 13.2 Å². The Bertz CT molecular complexity index is 512. The maximum atomic E-state index is 11.7. The van der Waals surface area contributed by atoms with E-state index in [0.717, 1.165) is 17.4 Å². The van der Waals surface area contributed by atoms with Gasteiger partial charge in [-0.2, -0.15) is 0 Å². The van der Waals surface area contributed by atoms with Crippen molar-refractivity contribution < 1.29 is 23.2 Å². The normalized spacial score (nSPS) is 12.6. The zero-order chi connectivity index (χ0) is 13.3. The molecule has 1 rings (SSSR count). The van der Waals surface area contributed by atoms with Gasteiger partial charge in [0.1, 0.15) is 4.21 Å². The Labute approximate surface area is 103 Å². The van der Waals surface area contributed by atoms with Crippen molar-refractivity contribution in [2.45, 2.75) is 30.6 Å². The minimum Gasteiger partial charge on any atom is -0.478 e. The molecule has 0 bridgehead atoms. The number of carbonyl (C=O) groups is 1. The molecule has 0 saturated heterocycles. The molecule has 0 aliphatic heterocycles. The molecule has 0 spiro atoms. The van der Waals surface area contributed by atoms with Crippen LogP contribution < -0.4 is 4.89 Å². The summed E-state index contributed by atoms with van der Waals surface area (Å²) in [5.74, 6) is -1.17. The number of nitrogens with one attached hydrogen (secondary N) is 1. The van der Waals surface area contributed by atoms with Gasteiger partial charge in [-0.05, 0) is 26.8 Å². The molecule has 1 aromatic rings. The highest BCUT2D eigenvalue weighted by Gasteiger charge is 2.22. The molecule has 6 nitrogen and oxygen atoms in total. The van der Waals surface area contributed by atoms with Crippen molar-refractivity contribution in [3.8, 4) is 0 Å². The molecule has 2 N–H and O–H groups in total. The number of hydrogen-bond acceptors (Lipinski definition) is 5. The summed E-state index contributed by atoms with van der Waals surface area (Å²) >= 11 is 0.824. The Balaban J connectivity index is 2.86. The van der Waals surface area contributed by atoms with Crippen LogP contribution in [0.3, 0.4) is 0 Å². The molecular weight excluding hydrogens is 266 g/mol. The Kier molecular flexibility index (Phi) is 3.92. The fraction of sp³-hybridized carbons (Fsp3) is 0.444. The molecule has 0 radical (unpaired) electrons. The van der Waals surface area contributed by atoms with E-state index in [1.54, 1.807) is 20.8 Å². The van der Waals surface area contributed by atoms with Gasteiger partial charge in [-0.15, -0.1) is 11.3 Å². The maximum absolute atomic E-state index is 11.7. The lowest BCUT2D eigenvalue weighted by molar-refractivity contribution is -0.0357. The van der Waals surface area contributed by atoms with Crippen molar-refractivity contribution in [3.63, 3.8) is 0 Å². The summed E-state index contributed by atoms with van der Waals surface area (Å²) in [6.45, 7) is 5.06. The fourth-order valence-corrected chi connectivity index (χ4v) is 2.87. The lowest BCUT2D eigenvalue weighted by atomic mass is 10.2. The van der Waals surface area contributed by atoms with Crippen LogP contribution in [0.15, 0.2) is 15.7 Å². The van der Waals surface area contributed by atoms with Crippen molar-refractivity contribution >= 4 is 27.3 Å². The van der Waals surface area contributed by atoms with Crippen LogP contribution in [0.5, 0.6) is 0 Å². The Morgan fingerprint density at radius 1 is 1.47 bits per heavy atom. The monoisotopic (exact) mass is 279 g/mol. The predicted octanol–water partition coefficient (Wildman–Crippen LogP) is 1.45. The van der Waals surface area contributed by atoms with Gasteiger partial charge < -0.3 is 5.11 Å². The number of carboxylic acid groups (broad SMARTS) is 1. The minimum absolute atomic E-state index is 0.0638. The summed E-state index contributed by atoms with van der Waals surface area (Å²) in [6.07, 6.45) is 0. The van der Waals surface area contributed by atoms with Crippen molar-refractivity contribution in [3.05, 3.63) is 17.0 Å². The van der Waals surface area contributed by atoms with Crippen LogP contribution in [0.1, 0.15) is 31.1 Å². The van der Waals surface area contributed by atoms with Gasteiger partial charge in [-0.3, -0.25) is 4.84 Å². The highest BCUT2D eigenvalue weighted by atomic mass is 32.2. The Hall–Kier alpha value is -0.960. The van der Waals surface area contributed by atoms with E-state index in [1.807, 2.05) is 4.89 Å². The van der Waals surface area contributed by atoms with Crippen LogP contribution >= 0.6 is 11.3 Å². The second kappa shape index (κ2) is 4.73. The summed E-state index contributed by atoms with van der Waals surface area (Å²) in [5.41, 5.74) is -0.730. The lowest BCUT2D eigenvalue weighted by Crippen LogP contribution is -2.33. The molecule has 8 heteroatoms. The number of rotatable bonds is 4. The fourth-order valence-electron chi connectivity index (χ4n) is 0.791. The van der Waals surface area contributed by atoms with Crippen LogP contribution in [0.4, 0.5) is 0 Å². The van der Waals surface area contributed by atoms with Crippen molar-refractivity contribution in [2.24, 2.45) is 0 Å². The third-order valence-corrected chi connectivity index (χ3v) is 4.16. The summed E-state index contributed by atoms with van der Waals surface area (Å²) < 4.78 is 23.3. The number of hydrogen-bond donors (Lipinski definition) is 2. The molecule has 0 saturated carbocycles. The summed E-state index contributed by atoms with van der Waals surface area (Å²) in [4.78, 5) is 17.5. The van der Waals surface area contributed by atoms with E-state index in [-0.39, 0.29) is 9.77 Å². The second-order valence-corrected chi connectivity index (χ2v) is 7.04. The highest BCUT2D eigenvalue weighted by Crippen LogP contribution is 2.20. The zero-order valence-corrected chi connectivity index (χ0v) is 11.2. The van der Waals surface area contributed by atoms with Gasteiger partial charge in [0.05, 0.1) is 11.2 Å². The molecule has 0 amide bonds. The van der Waals surface area contributed by atoms with Crippen molar-refractivity contribution in [1.82, 2.24) is 4.89 Å². The first kappa shape index (κ1) is 14.1. The van der Waals surface area contributed by atoms with E-state index in [4.69, 9.17) is 9.94 Å². The average Bonchev–Trinajstić information content (AvgIpc) is 2.63. The predicted molar refractivity (Wildman–Crippen MR) is 62.4 cm³/mol. The summed E-state index contributed by atoms with van der Waals surface area (Å²) in [5, 5.41) is 9.94. The van der Waals surface area contributed by atoms with Crippen LogP contribution in [-0.2, 0) is 14.9 Å². The average molecular weight is 279 g/mol. The first-order chi connectivity index (χ1) is 7.62. The number of aromatic carboxylic acids is 1. The van der Waals surface area contributed by atoms with Gasteiger partial charge in [0.15, 0.2) is 0 Å². The molecule has 17 heavy (non-hydrogen) atoms. The van der Waals surface area contributed by atoms with Gasteiger partial charge in [0, 0.05) is 5.38 Å². The van der Waals surface area contributed by atoms with Gasteiger partial charge in [0.2, 0.25) is 0 Å². The van der Waals surface area contributed by atoms with Gasteiger partial charge >= 0.3 is 5.97 Å². The van der Waals surface area contributed by atoms with E-state index >= 15 is 0 Å². The third kappa shape index (κ3) is 4.08. The van der Waals surface area contributed by atoms with E-state index < -0.39 is 21.6 Å². The summed E-state index contributed by atoms with van der Waals surface area (Å²) in [6, 6.07) is 1.08. The molecule has 0 unspecified atom stereocenters. The van der Waals surface area contributed by atoms with E-state index in [0.29, 0.717) is 0 Å². The molecule has 0 aliphatic rings. The molecule has 1 heterocycles. The van der Waals surface area contributed by atoms with Crippen LogP contribution in [-0.4, -0.2) is 25.1 Å².